The third kappa shape index (κ3) is 3.46. The van der Waals surface area contributed by atoms with Gasteiger partial charge in [-0.2, -0.15) is 0 Å². The number of aliphatic imine (C=N–C) groups is 1. The molecule has 1 fully saturated rings. The lowest BCUT2D eigenvalue weighted by Crippen LogP contribution is -2.46. The molecule has 2 amide bonds. The van der Waals surface area contributed by atoms with Crippen molar-refractivity contribution in [3.05, 3.63) is 48.0 Å². The molecule has 6 heteroatoms. The first kappa shape index (κ1) is 17.1. The number of nitrogens with one attached hydrogen (secondary N) is 1. The molecule has 0 saturated carbocycles. The summed E-state index contributed by atoms with van der Waals surface area (Å²) in [7, 11) is 0. The maximum Gasteiger partial charge on any atom is 0.254 e. The molecule has 1 N–H and O–H groups in total. The van der Waals surface area contributed by atoms with Crippen LogP contribution in [-0.2, 0) is 4.79 Å². The number of hydrogen-bond acceptors (Lipinski definition) is 4. The van der Waals surface area contributed by atoms with Gasteiger partial charge in [-0.05, 0) is 29.7 Å². The monoisotopic (exact) mass is 367 g/mol. The van der Waals surface area contributed by atoms with Crippen molar-refractivity contribution < 1.29 is 9.59 Å². The highest BCUT2D eigenvalue weighted by Gasteiger charge is 2.30. The Balaban J connectivity index is 1.50. The summed E-state index contributed by atoms with van der Waals surface area (Å²) in [5.41, 5.74) is 0.708. The number of hydrogen-bond donors (Lipinski definition) is 1. The van der Waals surface area contributed by atoms with Gasteiger partial charge in [0, 0.05) is 24.4 Å². The largest absolute Gasteiger partial charge is 0.338 e. The van der Waals surface area contributed by atoms with E-state index in [1.165, 1.54) is 0 Å². The van der Waals surface area contributed by atoms with E-state index in [-0.39, 0.29) is 17.7 Å². The zero-order valence-electron chi connectivity index (χ0n) is 14.5. The molecule has 0 radical (unpaired) electrons. The van der Waals surface area contributed by atoms with Gasteiger partial charge in [0.05, 0.1) is 12.5 Å². The fourth-order valence-electron chi connectivity index (χ4n) is 3.58. The Hall–Kier alpha value is -2.34. The van der Waals surface area contributed by atoms with Gasteiger partial charge in [0.1, 0.15) is 0 Å². The quantitative estimate of drug-likeness (QED) is 0.888. The molecule has 4 rings (SSSR count). The first-order valence-corrected chi connectivity index (χ1v) is 9.96. The van der Waals surface area contributed by atoms with E-state index in [2.05, 4.69) is 10.3 Å². The summed E-state index contributed by atoms with van der Waals surface area (Å²) >= 11 is 1.58. The average molecular weight is 367 g/mol. The summed E-state index contributed by atoms with van der Waals surface area (Å²) < 4.78 is 0. The smallest absolute Gasteiger partial charge is 0.254 e. The highest BCUT2D eigenvalue weighted by atomic mass is 32.2. The minimum atomic E-state index is -0.174. The van der Waals surface area contributed by atoms with Crippen molar-refractivity contribution >= 4 is 39.5 Å². The number of nitrogens with zero attached hydrogens (tertiary/aromatic N) is 2. The second-order valence-corrected chi connectivity index (χ2v) is 7.73. The molecule has 1 saturated heterocycles. The van der Waals surface area contributed by atoms with Crippen LogP contribution in [0.25, 0.3) is 10.8 Å². The Bertz CT molecular complexity index is 875. The van der Waals surface area contributed by atoms with E-state index in [4.69, 9.17) is 0 Å². The van der Waals surface area contributed by atoms with Crippen LogP contribution >= 0.6 is 11.8 Å². The number of likely N-dealkylation sites (tertiary alicyclic amines) is 1. The topological polar surface area (TPSA) is 61.8 Å². The SMILES string of the molecule is O=C(NC1=NCCS1)C1CCCN(C(=O)c2cccc3ccccc23)C1. The van der Waals surface area contributed by atoms with Crippen molar-refractivity contribution in [2.75, 3.05) is 25.4 Å². The molecule has 0 aliphatic carbocycles. The van der Waals surface area contributed by atoms with Gasteiger partial charge in [-0.3, -0.25) is 14.6 Å². The number of benzene rings is 2. The van der Waals surface area contributed by atoms with E-state index in [9.17, 15) is 9.59 Å². The van der Waals surface area contributed by atoms with Gasteiger partial charge in [0.25, 0.3) is 5.91 Å². The van der Waals surface area contributed by atoms with Gasteiger partial charge >= 0.3 is 0 Å². The number of carbonyl (C=O) groups is 2. The van der Waals surface area contributed by atoms with Crippen LogP contribution in [-0.4, -0.2) is 47.3 Å². The number of amidine groups is 1. The van der Waals surface area contributed by atoms with E-state index in [0.717, 1.165) is 35.9 Å². The molecular formula is C20H21N3O2S. The molecular weight excluding hydrogens is 346 g/mol. The predicted molar refractivity (Wildman–Crippen MR) is 105 cm³/mol. The van der Waals surface area contributed by atoms with Crippen molar-refractivity contribution in [2.45, 2.75) is 12.8 Å². The molecule has 2 heterocycles. The molecule has 5 nitrogen and oxygen atoms in total. The minimum absolute atomic E-state index is 0.00637. The molecule has 2 aliphatic rings. The Morgan fingerprint density at radius 3 is 2.85 bits per heavy atom. The fraction of sp³-hybridized carbons (Fsp3) is 0.350. The summed E-state index contributed by atoms with van der Waals surface area (Å²) in [6.45, 7) is 1.92. The zero-order valence-corrected chi connectivity index (χ0v) is 15.3. The van der Waals surface area contributed by atoms with Gasteiger partial charge in [-0.1, -0.05) is 48.2 Å². The summed E-state index contributed by atoms with van der Waals surface area (Å²) in [5, 5.41) is 5.65. The third-order valence-corrected chi connectivity index (χ3v) is 5.81. The second-order valence-electron chi connectivity index (χ2n) is 6.64. The first-order valence-electron chi connectivity index (χ1n) is 8.97. The average Bonchev–Trinajstić information content (AvgIpc) is 3.20. The van der Waals surface area contributed by atoms with Crippen LogP contribution in [0.3, 0.4) is 0 Å². The number of piperidine rings is 1. The van der Waals surface area contributed by atoms with Crippen LogP contribution < -0.4 is 5.32 Å². The van der Waals surface area contributed by atoms with Gasteiger partial charge < -0.3 is 10.2 Å². The standard InChI is InChI=1S/C20H21N3O2S/c24-18(22-20-21-10-12-26-20)15-7-4-11-23(13-15)19(25)17-9-3-6-14-5-1-2-8-16(14)17/h1-3,5-6,8-9,15H,4,7,10-13H2,(H,21,22,24). The molecule has 26 heavy (non-hydrogen) atoms. The van der Waals surface area contributed by atoms with Crippen LogP contribution in [0.15, 0.2) is 47.5 Å². The Morgan fingerprint density at radius 2 is 2.00 bits per heavy atom. The van der Waals surface area contributed by atoms with E-state index >= 15 is 0 Å². The summed E-state index contributed by atoms with van der Waals surface area (Å²) in [6, 6.07) is 13.7. The Morgan fingerprint density at radius 1 is 1.15 bits per heavy atom. The molecule has 0 bridgehead atoms. The first-order chi connectivity index (χ1) is 12.7. The van der Waals surface area contributed by atoms with Crippen molar-refractivity contribution in [2.24, 2.45) is 10.9 Å². The minimum Gasteiger partial charge on any atom is -0.338 e. The maximum atomic E-state index is 13.1. The van der Waals surface area contributed by atoms with Crippen molar-refractivity contribution in [3.63, 3.8) is 0 Å². The Kier molecular flexibility index (Phi) is 4.93. The fourth-order valence-corrected chi connectivity index (χ4v) is 4.31. The summed E-state index contributed by atoms with van der Waals surface area (Å²) in [5.74, 6) is 0.735. The van der Waals surface area contributed by atoms with Crippen molar-refractivity contribution in [3.8, 4) is 0 Å². The molecule has 1 atom stereocenters. The molecule has 134 valence electrons. The lowest BCUT2D eigenvalue weighted by molar-refractivity contribution is -0.124. The number of thioether (sulfide) groups is 1. The number of carbonyl (C=O) groups excluding carboxylic acids is 2. The zero-order chi connectivity index (χ0) is 17.9. The summed E-state index contributed by atoms with van der Waals surface area (Å²) in [4.78, 5) is 31.7. The van der Waals surface area contributed by atoms with Crippen LogP contribution in [0.4, 0.5) is 0 Å². The van der Waals surface area contributed by atoms with E-state index in [1.807, 2.05) is 47.4 Å². The number of amides is 2. The van der Waals surface area contributed by atoms with E-state index in [0.29, 0.717) is 23.8 Å². The van der Waals surface area contributed by atoms with Crippen molar-refractivity contribution in [1.82, 2.24) is 10.2 Å². The lowest BCUT2D eigenvalue weighted by atomic mass is 9.95. The normalized spacial score (nSPS) is 20.1. The van der Waals surface area contributed by atoms with Crippen LogP contribution in [0, 0.1) is 5.92 Å². The highest BCUT2D eigenvalue weighted by molar-refractivity contribution is 8.14. The Labute approximate surface area is 156 Å². The summed E-state index contributed by atoms with van der Waals surface area (Å²) in [6.07, 6.45) is 1.65. The molecule has 2 aliphatic heterocycles. The van der Waals surface area contributed by atoms with Gasteiger partial charge in [-0.25, -0.2) is 0 Å². The van der Waals surface area contributed by atoms with Gasteiger partial charge in [0.2, 0.25) is 5.91 Å². The van der Waals surface area contributed by atoms with Gasteiger partial charge in [-0.15, -0.1) is 0 Å². The van der Waals surface area contributed by atoms with E-state index in [1.54, 1.807) is 11.8 Å². The van der Waals surface area contributed by atoms with Gasteiger partial charge in [0.15, 0.2) is 5.17 Å². The molecule has 2 aromatic carbocycles. The van der Waals surface area contributed by atoms with E-state index < -0.39 is 0 Å². The predicted octanol–water partition coefficient (Wildman–Crippen LogP) is 2.91. The number of rotatable bonds is 2. The number of fused-ring (bicyclic) bond motifs is 1. The maximum absolute atomic E-state index is 13.1. The molecule has 0 spiro atoms. The highest BCUT2D eigenvalue weighted by Crippen LogP contribution is 2.24. The van der Waals surface area contributed by atoms with Crippen LogP contribution in [0.2, 0.25) is 0 Å². The molecule has 0 aromatic heterocycles. The van der Waals surface area contributed by atoms with Crippen molar-refractivity contribution in [1.29, 1.82) is 0 Å². The molecule has 2 aromatic rings. The third-order valence-electron chi connectivity index (χ3n) is 4.92. The second kappa shape index (κ2) is 7.50. The van der Waals surface area contributed by atoms with Crippen LogP contribution in [0.1, 0.15) is 23.2 Å². The molecule has 1 unspecified atom stereocenters. The lowest BCUT2D eigenvalue weighted by Gasteiger charge is -2.32. The van der Waals surface area contributed by atoms with Crippen LogP contribution in [0.5, 0.6) is 0 Å².